The molecule has 2 N–H and O–H groups in total. The molecule has 0 bridgehead atoms. The molecule has 3 rings (SSSR count). The third-order valence-corrected chi connectivity index (χ3v) is 2.52. The Kier molecular flexibility index (Phi) is 2.85. The Balaban J connectivity index is 1.65. The minimum Gasteiger partial charge on any atom is -0.454 e. The zero-order valence-electron chi connectivity index (χ0n) is 9.79. The second-order valence-electron chi connectivity index (χ2n) is 3.78. The van der Waals surface area contributed by atoms with Crippen LogP contribution in [0.5, 0.6) is 11.5 Å². The van der Waals surface area contributed by atoms with Gasteiger partial charge >= 0.3 is 0 Å². The van der Waals surface area contributed by atoms with Crippen molar-refractivity contribution in [1.29, 1.82) is 0 Å². The summed E-state index contributed by atoms with van der Waals surface area (Å²) < 4.78 is 10.4. The molecule has 2 heterocycles. The maximum atomic E-state index is 11.5. The van der Waals surface area contributed by atoms with Crippen molar-refractivity contribution in [3.05, 3.63) is 41.7 Å². The minimum absolute atomic E-state index is 0.229. The molecule has 0 aliphatic carbocycles. The molecule has 1 aliphatic heterocycles. The molecule has 19 heavy (non-hydrogen) atoms. The quantitative estimate of drug-likeness (QED) is 0.632. The van der Waals surface area contributed by atoms with Crippen molar-refractivity contribution in [3.63, 3.8) is 0 Å². The average Bonchev–Trinajstić information content (AvgIpc) is 3.09. The molecule has 0 atom stereocenters. The zero-order valence-corrected chi connectivity index (χ0v) is 9.79. The zero-order chi connectivity index (χ0) is 13.1. The van der Waals surface area contributed by atoms with E-state index in [9.17, 15) is 4.79 Å². The SMILES string of the molecule is O=C(N/N=C/c1ccc2c(c1)OCO2)c1ccn[nH]1. The second kappa shape index (κ2) is 4.81. The first-order chi connectivity index (χ1) is 9.33. The van der Waals surface area contributed by atoms with E-state index in [-0.39, 0.29) is 12.7 Å². The largest absolute Gasteiger partial charge is 0.454 e. The predicted octanol–water partition coefficient (Wildman–Crippen LogP) is 0.902. The van der Waals surface area contributed by atoms with Crippen LogP contribution in [-0.4, -0.2) is 29.1 Å². The molecule has 0 spiro atoms. The number of H-pyrrole nitrogens is 1. The summed E-state index contributed by atoms with van der Waals surface area (Å²) in [5, 5.41) is 10.1. The predicted molar refractivity (Wildman–Crippen MR) is 66.2 cm³/mol. The van der Waals surface area contributed by atoms with Crippen molar-refractivity contribution in [1.82, 2.24) is 15.6 Å². The van der Waals surface area contributed by atoms with Gasteiger partial charge in [-0.3, -0.25) is 9.89 Å². The van der Waals surface area contributed by atoms with Crippen LogP contribution >= 0.6 is 0 Å². The standard InChI is InChI=1S/C12H10N4O3/c17-12(9-3-4-13-15-9)16-14-6-8-1-2-10-11(5-8)19-7-18-10/h1-6H,7H2,(H,13,15)(H,16,17)/b14-6+. The third-order valence-electron chi connectivity index (χ3n) is 2.52. The molecule has 0 unspecified atom stereocenters. The summed E-state index contributed by atoms with van der Waals surface area (Å²) in [4.78, 5) is 11.5. The maximum Gasteiger partial charge on any atom is 0.289 e. The van der Waals surface area contributed by atoms with Gasteiger partial charge in [0, 0.05) is 6.20 Å². The van der Waals surface area contributed by atoms with E-state index in [1.54, 1.807) is 18.2 Å². The minimum atomic E-state index is -0.352. The van der Waals surface area contributed by atoms with E-state index in [1.807, 2.05) is 6.07 Å². The number of ether oxygens (including phenoxy) is 2. The van der Waals surface area contributed by atoms with Crippen LogP contribution in [0.2, 0.25) is 0 Å². The van der Waals surface area contributed by atoms with Gasteiger partial charge in [0.15, 0.2) is 11.5 Å². The van der Waals surface area contributed by atoms with Crippen LogP contribution in [-0.2, 0) is 0 Å². The Labute approximate surface area is 108 Å². The van der Waals surface area contributed by atoms with Crippen LogP contribution < -0.4 is 14.9 Å². The molecule has 96 valence electrons. The van der Waals surface area contributed by atoms with Gasteiger partial charge in [0.2, 0.25) is 6.79 Å². The van der Waals surface area contributed by atoms with Gasteiger partial charge in [-0.25, -0.2) is 5.43 Å². The average molecular weight is 258 g/mol. The fourth-order valence-corrected chi connectivity index (χ4v) is 1.60. The topological polar surface area (TPSA) is 88.6 Å². The number of aromatic nitrogens is 2. The molecule has 0 fully saturated rings. The van der Waals surface area contributed by atoms with Crippen molar-refractivity contribution in [2.75, 3.05) is 6.79 Å². The fraction of sp³-hybridized carbons (Fsp3) is 0.0833. The molecule has 0 saturated carbocycles. The van der Waals surface area contributed by atoms with E-state index in [0.717, 1.165) is 5.56 Å². The molecular formula is C12H10N4O3. The molecule has 1 aromatic carbocycles. The van der Waals surface area contributed by atoms with Gasteiger partial charge < -0.3 is 9.47 Å². The highest BCUT2D eigenvalue weighted by Gasteiger charge is 2.12. The number of hydrogen-bond acceptors (Lipinski definition) is 5. The lowest BCUT2D eigenvalue weighted by atomic mass is 10.2. The van der Waals surface area contributed by atoms with E-state index in [4.69, 9.17) is 9.47 Å². The van der Waals surface area contributed by atoms with E-state index in [0.29, 0.717) is 17.2 Å². The number of aromatic amines is 1. The van der Waals surface area contributed by atoms with Gasteiger partial charge in [0.25, 0.3) is 5.91 Å². The number of rotatable bonds is 3. The summed E-state index contributed by atoms with van der Waals surface area (Å²) in [6, 6.07) is 6.96. The summed E-state index contributed by atoms with van der Waals surface area (Å²) in [6.45, 7) is 0.229. The lowest BCUT2D eigenvalue weighted by molar-refractivity contribution is 0.0950. The Morgan fingerprint density at radius 3 is 3.11 bits per heavy atom. The second-order valence-corrected chi connectivity index (χ2v) is 3.78. The van der Waals surface area contributed by atoms with Crippen molar-refractivity contribution >= 4 is 12.1 Å². The van der Waals surface area contributed by atoms with Crippen LogP contribution in [0.4, 0.5) is 0 Å². The summed E-state index contributed by atoms with van der Waals surface area (Å²) in [6.07, 6.45) is 3.02. The van der Waals surface area contributed by atoms with E-state index < -0.39 is 0 Å². The lowest BCUT2D eigenvalue weighted by Crippen LogP contribution is -2.17. The first-order valence-corrected chi connectivity index (χ1v) is 5.55. The van der Waals surface area contributed by atoms with Gasteiger partial charge in [-0.05, 0) is 29.8 Å². The molecule has 1 amide bonds. The smallest absolute Gasteiger partial charge is 0.289 e. The van der Waals surface area contributed by atoms with Gasteiger partial charge in [-0.2, -0.15) is 10.2 Å². The van der Waals surface area contributed by atoms with Gasteiger partial charge in [-0.1, -0.05) is 0 Å². The highest BCUT2D eigenvalue weighted by Crippen LogP contribution is 2.31. The normalized spacial score (nSPS) is 12.8. The molecular weight excluding hydrogens is 248 g/mol. The molecule has 7 nitrogen and oxygen atoms in total. The number of hydrazone groups is 1. The van der Waals surface area contributed by atoms with Crippen LogP contribution in [0.1, 0.15) is 16.1 Å². The number of nitrogens with zero attached hydrogens (tertiary/aromatic N) is 2. The first kappa shape index (κ1) is 11.3. The molecule has 0 radical (unpaired) electrons. The summed E-state index contributed by atoms with van der Waals surface area (Å²) in [5.41, 5.74) is 3.54. The van der Waals surface area contributed by atoms with Crippen LogP contribution in [0, 0.1) is 0 Å². The number of carbonyl (C=O) groups is 1. The highest BCUT2D eigenvalue weighted by molar-refractivity contribution is 5.93. The summed E-state index contributed by atoms with van der Waals surface area (Å²) >= 11 is 0. The van der Waals surface area contributed by atoms with Crippen LogP contribution in [0.15, 0.2) is 35.6 Å². The number of benzene rings is 1. The summed E-state index contributed by atoms with van der Waals surface area (Å²) in [5.74, 6) is 1.02. The Hall–Kier alpha value is -2.83. The van der Waals surface area contributed by atoms with E-state index in [1.165, 1.54) is 12.4 Å². The number of nitrogens with one attached hydrogen (secondary N) is 2. The van der Waals surface area contributed by atoms with Crippen molar-refractivity contribution in [3.8, 4) is 11.5 Å². The summed E-state index contributed by atoms with van der Waals surface area (Å²) in [7, 11) is 0. The van der Waals surface area contributed by atoms with Gasteiger partial charge in [0.1, 0.15) is 5.69 Å². The maximum absolute atomic E-state index is 11.5. The van der Waals surface area contributed by atoms with Crippen molar-refractivity contribution in [2.24, 2.45) is 5.10 Å². The van der Waals surface area contributed by atoms with Crippen molar-refractivity contribution in [2.45, 2.75) is 0 Å². The Bertz CT molecular complexity index is 622. The van der Waals surface area contributed by atoms with Crippen molar-refractivity contribution < 1.29 is 14.3 Å². The molecule has 1 aliphatic rings. The molecule has 2 aromatic rings. The van der Waals surface area contributed by atoms with Gasteiger partial charge in [0.05, 0.1) is 6.21 Å². The number of hydrogen-bond donors (Lipinski definition) is 2. The number of carbonyl (C=O) groups excluding carboxylic acids is 1. The molecule has 7 heteroatoms. The van der Waals surface area contributed by atoms with E-state index in [2.05, 4.69) is 20.7 Å². The fourth-order valence-electron chi connectivity index (χ4n) is 1.60. The Morgan fingerprint density at radius 1 is 1.37 bits per heavy atom. The lowest BCUT2D eigenvalue weighted by Gasteiger charge is -1.98. The highest BCUT2D eigenvalue weighted by atomic mass is 16.7. The van der Waals surface area contributed by atoms with Gasteiger partial charge in [-0.15, -0.1) is 0 Å². The first-order valence-electron chi connectivity index (χ1n) is 5.55. The van der Waals surface area contributed by atoms with Crippen LogP contribution in [0.3, 0.4) is 0 Å². The molecule has 1 aromatic heterocycles. The monoisotopic (exact) mass is 258 g/mol. The van der Waals surface area contributed by atoms with E-state index >= 15 is 0 Å². The molecule has 0 saturated heterocycles. The van der Waals surface area contributed by atoms with Crippen LogP contribution in [0.25, 0.3) is 0 Å². The number of fused-ring (bicyclic) bond motifs is 1. The Morgan fingerprint density at radius 2 is 2.26 bits per heavy atom. The third kappa shape index (κ3) is 2.39. The number of amides is 1.